The molecule has 0 saturated heterocycles. The van der Waals surface area contributed by atoms with Gasteiger partial charge in [0.25, 0.3) is 0 Å². The molecule has 4 aromatic carbocycles. The van der Waals surface area contributed by atoms with Crippen LogP contribution in [-0.2, 0) is 18.9 Å². The third kappa shape index (κ3) is 18.1. The van der Waals surface area contributed by atoms with Crippen molar-refractivity contribution in [2.24, 2.45) is 0 Å². The first-order chi connectivity index (χ1) is 27.3. The zero-order valence-electron chi connectivity index (χ0n) is 33.1. The number of alkyl halides is 1. The van der Waals surface area contributed by atoms with Crippen LogP contribution in [0, 0.1) is 0 Å². The van der Waals surface area contributed by atoms with Gasteiger partial charge < -0.3 is 38.3 Å². The first kappa shape index (κ1) is 49.2. The van der Waals surface area contributed by atoms with E-state index in [1.54, 1.807) is 61.8 Å². The van der Waals surface area contributed by atoms with E-state index in [4.69, 9.17) is 33.2 Å². The second kappa shape index (κ2) is 30.1. The lowest BCUT2D eigenvalue weighted by Gasteiger charge is -2.17. The molecule has 0 saturated carbocycles. The molecule has 0 aliphatic heterocycles. The zero-order valence-corrected chi connectivity index (χ0v) is 38.1. The van der Waals surface area contributed by atoms with Crippen molar-refractivity contribution in [1.29, 1.82) is 0 Å². The third-order valence-electron chi connectivity index (χ3n) is 7.19. The number of aromatic hydroxyl groups is 1. The summed E-state index contributed by atoms with van der Waals surface area (Å²) in [5, 5.41) is 16.4. The molecule has 0 bridgehead atoms. The van der Waals surface area contributed by atoms with Crippen molar-refractivity contribution < 1.29 is 38.3 Å². The molecule has 56 heavy (non-hydrogen) atoms. The van der Waals surface area contributed by atoms with Gasteiger partial charge in [0, 0.05) is 42.0 Å². The van der Waals surface area contributed by atoms with Gasteiger partial charge >= 0.3 is 0 Å². The van der Waals surface area contributed by atoms with E-state index in [0.29, 0.717) is 32.2 Å². The number of para-hydroxylation sites is 2. The van der Waals surface area contributed by atoms with Crippen LogP contribution in [0.15, 0.2) is 118 Å². The van der Waals surface area contributed by atoms with Gasteiger partial charge in [-0.25, -0.2) is 0 Å². The van der Waals surface area contributed by atoms with Crippen molar-refractivity contribution in [3.8, 4) is 23.0 Å². The number of methoxy groups -OCH3 is 3. The molecule has 6 rings (SSSR count). The summed E-state index contributed by atoms with van der Waals surface area (Å²) in [4.78, 5) is 1.99. The summed E-state index contributed by atoms with van der Waals surface area (Å²) in [5.74, 6) is 3.83. The number of rotatable bonds is 15. The Morgan fingerprint density at radius 3 is 1.59 bits per heavy atom. The Morgan fingerprint density at radius 2 is 1.07 bits per heavy atom. The summed E-state index contributed by atoms with van der Waals surface area (Å²) in [6, 6.07) is 31.3. The van der Waals surface area contributed by atoms with Gasteiger partial charge in [0.2, 0.25) is 0 Å². The molecule has 1 N–H and O–H groups in total. The minimum Gasteiger partial charge on any atom is -0.506 e. The van der Waals surface area contributed by atoms with Crippen molar-refractivity contribution in [1.82, 2.24) is 0 Å². The maximum Gasteiger partial charge on any atom is 0.167 e. The fourth-order valence-electron chi connectivity index (χ4n) is 4.65. The summed E-state index contributed by atoms with van der Waals surface area (Å²) in [6.07, 6.45) is -0.222. The molecule has 0 fully saturated rings. The molecule has 6 aromatic rings. The van der Waals surface area contributed by atoms with E-state index in [-0.39, 0.29) is 12.6 Å². The smallest absolute Gasteiger partial charge is 0.167 e. The Kier molecular flexibility index (Phi) is 26.5. The van der Waals surface area contributed by atoms with Crippen LogP contribution in [0.5, 0.6) is 23.0 Å². The van der Waals surface area contributed by atoms with Crippen LogP contribution >= 0.6 is 63.0 Å². The van der Waals surface area contributed by atoms with E-state index in [1.807, 2.05) is 112 Å². The van der Waals surface area contributed by atoms with Crippen LogP contribution in [0.3, 0.4) is 0 Å². The predicted molar refractivity (Wildman–Crippen MR) is 244 cm³/mol. The van der Waals surface area contributed by atoms with Crippen LogP contribution in [0.4, 0.5) is 0 Å². The van der Waals surface area contributed by atoms with Crippen molar-refractivity contribution >= 4 is 83.2 Å². The van der Waals surface area contributed by atoms with E-state index in [2.05, 4.69) is 46.1 Å². The quantitative estimate of drug-likeness (QED) is 0.0453. The van der Waals surface area contributed by atoms with Crippen LogP contribution in [0.1, 0.15) is 27.7 Å². The number of thioether (sulfide) groups is 1. The van der Waals surface area contributed by atoms with Gasteiger partial charge in [0.1, 0.15) is 23.0 Å². The van der Waals surface area contributed by atoms with Gasteiger partial charge in [-0.2, -0.15) is 0 Å². The van der Waals surface area contributed by atoms with Crippen LogP contribution in [0.2, 0.25) is 0 Å². The third-order valence-corrected chi connectivity index (χ3v) is 11.1. The highest BCUT2D eigenvalue weighted by molar-refractivity contribution is 9.09. The highest BCUT2D eigenvalue weighted by Gasteiger charge is 2.11. The Labute approximate surface area is 358 Å². The second-order valence-electron chi connectivity index (χ2n) is 10.9. The van der Waals surface area contributed by atoms with Crippen molar-refractivity contribution in [3.05, 3.63) is 108 Å². The van der Waals surface area contributed by atoms with E-state index in [0.717, 1.165) is 48.2 Å². The molecule has 0 atom stereocenters. The van der Waals surface area contributed by atoms with Gasteiger partial charge in [-0.05, 0) is 97.8 Å². The molecule has 306 valence electrons. The van der Waals surface area contributed by atoms with Gasteiger partial charge in [0.05, 0.1) is 36.1 Å². The Balaban J connectivity index is 0.000000248. The molecule has 0 spiro atoms. The summed E-state index contributed by atoms with van der Waals surface area (Å²) in [6.45, 7) is 10.6. The first-order valence-corrected chi connectivity index (χ1v) is 22.4. The highest BCUT2D eigenvalue weighted by atomic mass is 79.9. The molecule has 0 aliphatic carbocycles. The lowest BCUT2D eigenvalue weighted by Crippen LogP contribution is -2.19. The zero-order chi connectivity index (χ0) is 41.0. The second-order valence-corrected chi connectivity index (χ2v) is 14.9. The summed E-state index contributed by atoms with van der Waals surface area (Å²) in [7, 11) is 5.02. The molecule has 0 aliphatic rings. The van der Waals surface area contributed by atoms with E-state index in [9.17, 15) is 5.11 Å². The van der Waals surface area contributed by atoms with E-state index >= 15 is 0 Å². The maximum atomic E-state index is 9.27. The summed E-state index contributed by atoms with van der Waals surface area (Å²) < 4.78 is 39.0. The SMILES string of the molecule is CCOC(CBr)OCC.CCOC(CSc1ccccc1OC)OCC.COc1cccc2ccsc12.COc1ccccc1S.Oc1cccc2ccsc12. The average molecular weight is 908 g/mol. The minimum atomic E-state index is -0.153. The lowest BCUT2D eigenvalue weighted by atomic mass is 10.2. The number of fused-ring (bicyclic) bond motifs is 2. The normalized spacial score (nSPS) is 10.3. The number of halogens is 1. The first-order valence-electron chi connectivity index (χ1n) is 18.1. The molecule has 8 nitrogen and oxygen atoms in total. The number of thiol groups is 1. The van der Waals surface area contributed by atoms with Gasteiger partial charge in [-0.15, -0.1) is 47.1 Å². The van der Waals surface area contributed by atoms with E-state index in [1.165, 1.54) is 10.1 Å². The number of hydrogen-bond acceptors (Lipinski definition) is 12. The van der Waals surface area contributed by atoms with Gasteiger partial charge in [-0.1, -0.05) is 64.5 Å². The number of phenols is 1. The number of phenolic OH excluding ortho intramolecular Hbond substituents is 1. The fraction of sp³-hybridized carbons (Fsp3) is 0.349. The minimum absolute atomic E-state index is 0.0694. The monoisotopic (exact) mass is 906 g/mol. The molecule has 2 aromatic heterocycles. The number of benzene rings is 4. The number of hydrogen-bond donors (Lipinski definition) is 2. The maximum absolute atomic E-state index is 9.27. The van der Waals surface area contributed by atoms with Crippen LogP contribution in [-0.4, -0.2) is 76.5 Å². The summed E-state index contributed by atoms with van der Waals surface area (Å²) in [5.41, 5.74) is 0. The van der Waals surface area contributed by atoms with E-state index < -0.39 is 0 Å². The summed E-state index contributed by atoms with van der Waals surface area (Å²) >= 11 is 12.4. The average Bonchev–Trinajstić information content (AvgIpc) is 3.93. The van der Waals surface area contributed by atoms with Crippen molar-refractivity contribution in [2.75, 3.05) is 58.8 Å². The lowest BCUT2D eigenvalue weighted by molar-refractivity contribution is -0.120. The van der Waals surface area contributed by atoms with Crippen molar-refractivity contribution in [3.63, 3.8) is 0 Å². The van der Waals surface area contributed by atoms with Crippen molar-refractivity contribution in [2.45, 2.75) is 50.1 Å². The molecule has 0 unspecified atom stereocenters. The highest BCUT2D eigenvalue weighted by Crippen LogP contribution is 2.31. The number of thiophene rings is 2. The van der Waals surface area contributed by atoms with Gasteiger partial charge in [0.15, 0.2) is 12.6 Å². The standard InChI is InChI=1S/C13H20O3S.C9H8OS.C8H6OS.C7H8OS.C6H13BrO2/c1-4-15-13(16-5-2)10-17-12-9-7-6-8-11(12)14-3;1-10-8-4-2-3-7-5-6-11-9(7)8;9-7-3-1-2-6-4-5-10-8(6)7;1-8-6-4-2-3-5-7(6)9;1-3-8-6(5-7)9-4-2/h6-9,13H,4-5,10H2,1-3H3;2-6H,1H3;1-5,9H;2-5,9H,1H3;6H,3-5H2,1-2H3. The van der Waals surface area contributed by atoms with Gasteiger partial charge in [-0.3, -0.25) is 0 Å². The Bertz CT molecular complexity index is 1870. The fourth-order valence-corrected chi connectivity index (χ4v) is 7.96. The molecule has 13 heteroatoms. The molecular formula is C43H55BrO8S4. The Morgan fingerprint density at radius 1 is 0.589 bits per heavy atom. The number of ether oxygens (including phenoxy) is 7. The van der Waals surface area contributed by atoms with Crippen LogP contribution in [0.25, 0.3) is 20.2 Å². The molecular weight excluding hydrogens is 853 g/mol. The molecule has 0 radical (unpaired) electrons. The topological polar surface area (TPSA) is 84.8 Å². The molecule has 2 heterocycles. The Hall–Kier alpha value is -2.98. The van der Waals surface area contributed by atoms with Crippen LogP contribution < -0.4 is 14.2 Å². The molecule has 0 amide bonds. The largest absolute Gasteiger partial charge is 0.506 e. The predicted octanol–water partition coefficient (Wildman–Crippen LogP) is 12.5.